The van der Waals surface area contributed by atoms with E-state index < -0.39 is 18.5 Å². The predicted molar refractivity (Wildman–Crippen MR) is 109 cm³/mol. The monoisotopic (exact) mass is 412 g/mol. The van der Waals surface area contributed by atoms with E-state index in [0.717, 1.165) is 35.3 Å². The molecule has 0 unspecified atom stereocenters. The zero-order valence-corrected chi connectivity index (χ0v) is 16.9. The Kier molecular flexibility index (Phi) is 6.52. The van der Waals surface area contributed by atoms with Crippen molar-refractivity contribution in [2.24, 2.45) is 0 Å². The first-order valence-electron chi connectivity index (χ1n) is 8.97. The molecule has 2 aromatic rings. The van der Waals surface area contributed by atoms with Gasteiger partial charge < -0.3 is 19.5 Å². The first-order valence-corrected chi connectivity index (χ1v) is 9.78. The van der Waals surface area contributed by atoms with Crippen molar-refractivity contribution in [2.75, 3.05) is 26.1 Å². The first-order chi connectivity index (χ1) is 14.0. The van der Waals surface area contributed by atoms with Crippen LogP contribution in [0.4, 0.5) is 5.00 Å². The fourth-order valence-electron chi connectivity index (χ4n) is 3.08. The Hall–Kier alpha value is -3.31. The molecule has 150 valence electrons. The highest BCUT2D eigenvalue weighted by Crippen LogP contribution is 2.38. The summed E-state index contributed by atoms with van der Waals surface area (Å²) < 4.78 is 15.4. The van der Waals surface area contributed by atoms with E-state index in [-0.39, 0.29) is 0 Å². The van der Waals surface area contributed by atoms with E-state index in [1.807, 2.05) is 0 Å². The zero-order valence-electron chi connectivity index (χ0n) is 16.1. The van der Waals surface area contributed by atoms with Gasteiger partial charge in [0.25, 0.3) is 5.91 Å². The van der Waals surface area contributed by atoms with E-state index in [1.165, 1.54) is 24.5 Å². The van der Waals surface area contributed by atoms with E-state index in [4.69, 9.17) is 14.2 Å². The van der Waals surface area contributed by atoms with E-state index in [0.29, 0.717) is 22.1 Å². The fraction of sp³-hybridized carbons (Fsp3) is 0.286. The van der Waals surface area contributed by atoms with E-state index in [1.54, 1.807) is 31.4 Å². The van der Waals surface area contributed by atoms with Crippen LogP contribution in [0.15, 0.2) is 24.3 Å². The quantitative estimate of drug-likeness (QED) is 0.553. The van der Waals surface area contributed by atoms with E-state index >= 15 is 0 Å². The molecule has 0 bridgehead atoms. The number of carbonyl (C=O) groups excluding carboxylic acids is 2. The van der Waals surface area contributed by atoms with Gasteiger partial charge in [0.2, 0.25) is 0 Å². The van der Waals surface area contributed by atoms with Crippen molar-refractivity contribution in [1.29, 1.82) is 5.26 Å². The molecule has 8 heteroatoms. The predicted octanol–water partition coefficient (Wildman–Crippen LogP) is 3.32. The Balaban J connectivity index is 1.54. The van der Waals surface area contributed by atoms with Crippen LogP contribution in [-0.2, 0) is 27.2 Å². The molecule has 0 saturated carbocycles. The molecule has 1 aliphatic carbocycles. The number of nitriles is 1. The van der Waals surface area contributed by atoms with Gasteiger partial charge >= 0.3 is 5.97 Å². The molecule has 1 aliphatic rings. The van der Waals surface area contributed by atoms with Crippen molar-refractivity contribution in [3.63, 3.8) is 0 Å². The van der Waals surface area contributed by atoms with Crippen LogP contribution in [0.1, 0.15) is 28.0 Å². The summed E-state index contributed by atoms with van der Waals surface area (Å²) >= 11 is 1.42. The third-order valence-corrected chi connectivity index (χ3v) is 5.66. The third-order valence-electron chi connectivity index (χ3n) is 4.45. The number of benzene rings is 1. The zero-order chi connectivity index (χ0) is 20.8. The van der Waals surface area contributed by atoms with Gasteiger partial charge in [0.1, 0.15) is 11.1 Å². The number of ether oxygens (including phenoxy) is 3. The SMILES string of the molecule is COc1ccc(/C=C/C(=O)OCC(=O)Nc2sc3c(c2C#N)CCC3)cc1OC. The second-order valence-corrected chi connectivity index (χ2v) is 7.38. The summed E-state index contributed by atoms with van der Waals surface area (Å²) in [6.45, 7) is -0.428. The maximum Gasteiger partial charge on any atom is 0.331 e. The average molecular weight is 412 g/mol. The first kappa shape index (κ1) is 20.4. The Morgan fingerprint density at radius 2 is 2.03 bits per heavy atom. The molecule has 0 aliphatic heterocycles. The van der Waals surface area contributed by atoms with Crippen LogP contribution in [-0.4, -0.2) is 32.7 Å². The van der Waals surface area contributed by atoms with Crippen LogP contribution in [0.25, 0.3) is 6.08 Å². The molecule has 0 spiro atoms. The molecule has 7 nitrogen and oxygen atoms in total. The summed E-state index contributed by atoms with van der Waals surface area (Å²) in [6.07, 6.45) is 5.61. The maximum atomic E-state index is 12.1. The fourth-order valence-corrected chi connectivity index (χ4v) is 4.33. The van der Waals surface area contributed by atoms with Crippen molar-refractivity contribution < 1.29 is 23.8 Å². The Morgan fingerprint density at radius 3 is 2.76 bits per heavy atom. The Labute approximate surface area is 172 Å². The molecule has 3 rings (SSSR count). The van der Waals surface area contributed by atoms with Crippen LogP contribution < -0.4 is 14.8 Å². The molecule has 1 amide bonds. The lowest BCUT2D eigenvalue weighted by Gasteiger charge is -2.07. The lowest BCUT2D eigenvalue weighted by molar-refractivity contribution is -0.142. The number of rotatable bonds is 7. The lowest BCUT2D eigenvalue weighted by atomic mass is 10.1. The highest BCUT2D eigenvalue weighted by atomic mass is 32.1. The molecule has 0 saturated heterocycles. The number of hydrogen-bond acceptors (Lipinski definition) is 7. The number of nitrogens with zero attached hydrogens (tertiary/aromatic N) is 1. The summed E-state index contributed by atoms with van der Waals surface area (Å²) in [6, 6.07) is 7.36. The Bertz CT molecular complexity index is 1000. The minimum Gasteiger partial charge on any atom is -0.493 e. The number of esters is 1. The molecule has 0 radical (unpaired) electrons. The second kappa shape index (κ2) is 9.26. The largest absolute Gasteiger partial charge is 0.493 e. The van der Waals surface area contributed by atoms with Crippen molar-refractivity contribution in [3.05, 3.63) is 45.8 Å². The van der Waals surface area contributed by atoms with Crippen molar-refractivity contribution in [3.8, 4) is 17.6 Å². The summed E-state index contributed by atoms with van der Waals surface area (Å²) in [5.74, 6) is -0.00266. The number of carbonyl (C=O) groups is 2. The number of aryl methyl sites for hydroxylation is 1. The summed E-state index contributed by atoms with van der Waals surface area (Å²) in [4.78, 5) is 25.1. The molecule has 0 atom stereocenters. The van der Waals surface area contributed by atoms with Crippen LogP contribution in [0.5, 0.6) is 11.5 Å². The smallest absolute Gasteiger partial charge is 0.331 e. The highest BCUT2D eigenvalue weighted by molar-refractivity contribution is 7.16. The number of anilines is 1. The molecular weight excluding hydrogens is 392 g/mol. The normalized spacial score (nSPS) is 12.3. The van der Waals surface area contributed by atoms with Gasteiger partial charge in [-0.3, -0.25) is 4.79 Å². The van der Waals surface area contributed by atoms with Gasteiger partial charge in [0.05, 0.1) is 19.8 Å². The molecular formula is C21H20N2O5S. The highest BCUT2D eigenvalue weighted by Gasteiger charge is 2.23. The van der Waals surface area contributed by atoms with Crippen LogP contribution in [0.3, 0.4) is 0 Å². The number of hydrogen-bond donors (Lipinski definition) is 1. The number of fused-ring (bicyclic) bond motifs is 1. The minimum absolute atomic E-state index is 0.428. The van der Waals surface area contributed by atoms with Crippen molar-refractivity contribution >= 4 is 34.3 Å². The minimum atomic E-state index is -0.649. The molecule has 1 aromatic carbocycles. The number of amides is 1. The maximum absolute atomic E-state index is 12.1. The molecule has 1 aromatic heterocycles. The summed E-state index contributed by atoms with van der Waals surface area (Å²) in [5, 5.41) is 12.5. The van der Waals surface area contributed by atoms with Gasteiger partial charge in [-0.25, -0.2) is 4.79 Å². The molecule has 0 fully saturated rings. The molecule has 29 heavy (non-hydrogen) atoms. The second-order valence-electron chi connectivity index (χ2n) is 6.28. The standard InChI is InChI=1S/C21H20N2O5S/c1-26-16-8-6-13(10-17(16)27-2)7-9-20(25)28-12-19(24)23-21-15(11-22)14-4-3-5-18(14)29-21/h6-10H,3-5,12H2,1-2H3,(H,23,24)/b9-7+. The summed E-state index contributed by atoms with van der Waals surface area (Å²) in [5.41, 5.74) is 2.27. The van der Waals surface area contributed by atoms with Crippen LogP contribution in [0, 0.1) is 11.3 Å². The summed E-state index contributed by atoms with van der Waals surface area (Å²) in [7, 11) is 3.07. The van der Waals surface area contributed by atoms with Gasteiger partial charge in [-0.1, -0.05) is 6.07 Å². The van der Waals surface area contributed by atoms with Crippen molar-refractivity contribution in [2.45, 2.75) is 19.3 Å². The Morgan fingerprint density at radius 1 is 1.24 bits per heavy atom. The average Bonchev–Trinajstić information content (AvgIpc) is 3.31. The van der Waals surface area contributed by atoms with Gasteiger partial charge in [-0.05, 0) is 48.6 Å². The number of methoxy groups -OCH3 is 2. The van der Waals surface area contributed by atoms with Crippen LogP contribution in [0.2, 0.25) is 0 Å². The van der Waals surface area contributed by atoms with Crippen molar-refractivity contribution in [1.82, 2.24) is 0 Å². The molecule has 1 N–H and O–H groups in total. The van der Waals surface area contributed by atoms with Crippen LogP contribution >= 0.6 is 11.3 Å². The van der Waals surface area contributed by atoms with Gasteiger partial charge in [0, 0.05) is 11.0 Å². The van der Waals surface area contributed by atoms with E-state index in [2.05, 4.69) is 11.4 Å². The molecule has 1 heterocycles. The lowest BCUT2D eigenvalue weighted by Crippen LogP contribution is -2.20. The number of nitrogens with one attached hydrogen (secondary N) is 1. The van der Waals surface area contributed by atoms with Gasteiger partial charge in [0.15, 0.2) is 18.1 Å². The number of thiophene rings is 1. The topological polar surface area (TPSA) is 97.6 Å². The third kappa shape index (κ3) is 4.76. The van der Waals surface area contributed by atoms with E-state index in [9.17, 15) is 14.9 Å². The van der Waals surface area contributed by atoms with Gasteiger partial charge in [-0.15, -0.1) is 11.3 Å². The van der Waals surface area contributed by atoms with Gasteiger partial charge in [-0.2, -0.15) is 5.26 Å².